The Hall–Kier alpha value is -1.67. The van der Waals surface area contributed by atoms with E-state index in [1.165, 1.54) is 10.9 Å². The molecule has 0 radical (unpaired) electrons. The quantitative estimate of drug-likeness (QED) is 0.863. The maximum atomic E-state index is 4.45. The Morgan fingerprint density at radius 3 is 2.94 bits per heavy atom. The molecule has 0 aliphatic rings. The first kappa shape index (κ1) is 12.8. The second kappa shape index (κ2) is 6.31. The molecule has 1 N–H and O–H groups in total. The van der Waals surface area contributed by atoms with E-state index in [2.05, 4.69) is 41.5 Å². The number of hydrogen-bond acceptors (Lipinski definition) is 2. The summed E-state index contributed by atoms with van der Waals surface area (Å²) in [6, 6.07) is 10.9. The van der Waals surface area contributed by atoms with Crippen molar-refractivity contribution < 1.29 is 0 Å². The summed E-state index contributed by atoms with van der Waals surface area (Å²) in [6.07, 6.45) is 8.51. The molecule has 1 heterocycles. The van der Waals surface area contributed by atoms with E-state index in [1.54, 1.807) is 0 Å². The van der Waals surface area contributed by atoms with Gasteiger partial charge in [-0.2, -0.15) is 0 Å². The number of para-hydroxylation sites is 1. The first-order chi connectivity index (χ1) is 8.83. The van der Waals surface area contributed by atoms with Gasteiger partial charge in [0.05, 0.1) is 5.52 Å². The van der Waals surface area contributed by atoms with Gasteiger partial charge in [-0.3, -0.25) is 4.98 Å². The first-order valence-corrected chi connectivity index (χ1v) is 6.52. The molecule has 0 spiro atoms. The van der Waals surface area contributed by atoms with Gasteiger partial charge in [0.2, 0.25) is 0 Å². The number of hydrogen-bond donors (Lipinski definition) is 1. The number of aromatic nitrogens is 1. The lowest BCUT2D eigenvalue weighted by Gasteiger charge is -2.09. The predicted molar refractivity (Wildman–Crippen MR) is 78.5 cm³/mol. The number of nitrogens with zero attached hydrogens (tertiary/aromatic N) is 1. The Bertz CT molecular complexity index is 527. The van der Waals surface area contributed by atoms with Crippen molar-refractivity contribution in [1.82, 2.24) is 10.3 Å². The van der Waals surface area contributed by atoms with Crippen LogP contribution in [0.2, 0.25) is 0 Å². The molecule has 1 atom stereocenters. The van der Waals surface area contributed by atoms with E-state index in [4.69, 9.17) is 0 Å². The van der Waals surface area contributed by atoms with E-state index >= 15 is 0 Å². The minimum atomic E-state index is 0.565. The maximum absolute atomic E-state index is 4.45. The molecule has 1 unspecified atom stereocenters. The van der Waals surface area contributed by atoms with Crippen LogP contribution in [-0.2, 0) is 0 Å². The zero-order chi connectivity index (χ0) is 12.8. The Kier molecular flexibility index (Phi) is 4.48. The van der Waals surface area contributed by atoms with E-state index in [0.717, 1.165) is 18.4 Å². The molecule has 0 fully saturated rings. The van der Waals surface area contributed by atoms with Gasteiger partial charge in [-0.05, 0) is 37.6 Å². The molecular weight excluding hydrogens is 220 g/mol. The number of benzene rings is 1. The number of rotatable bonds is 5. The normalized spacial score (nSPS) is 13.2. The van der Waals surface area contributed by atoms with Crippen molar-refractivity contribution in [3.8, 4) is 0 Å². The summed E-state index contributed by atoms with van der Waals surface area (Å²) in [5.74, 6) is 0. The molecule has 18 heavy (non-hydrogen) atoms. The molecule has 0 aliphatic carbocycles. The molecule has 0 aliphatic heterocycles. The fraction of sp³-hybridized carbons (Fsp3) is 0.312. The Morgan fingerprint density at radius 2 is 2.17 bits per heavy atom. The third kappa shape index (κ3) is 3.17. The van der Waals surface area contributed by atoms with Crippen LogP contribution in [0.3, 0.4) is 0 Å². The number of fused-ring (bicyclic) bond motifs is 1. The summed E-state index contributed by atoms with van der Waals surface area (Å²) >= 11 is 0. The first-order valence-electron chi connectivity index (χ1n) is 6.52. The highest BCUT2D eigenvalue weighted by molar-refractivity contribution is 5.80. The van der Waals surface area contributed by atoms with Crippen molar-refractivity contribution in [2.24, 2.45) is 0 Å². The smallest absolute Gasteiger partial charge is 0.0702 e. The van der Waals surface area contributed by atoms with Crippen LogP contribution in [0, 0.1) is 0 Å². The summed E-state index contributed by atoms with van der Waals surface area (Å²) in [5.41, 5.74) is 2.22. The molecule has 1 aromatic heterocycles. The Labute approximate surface area is 109 Å². The molecular formula is C16H20N2. The van der Waals surface area contributed by atoms with Gasteiger partial charge in [-0.1, -0.05) is 37.3 Å². The second-order valence-corrected chi connectivity index (χ2v) is 4.49. The Morgan fingerprint density at radius 1 is 1.33 bits per heavy atom. The molecule has 1 aromatic carbocycles. The molecule has 2 nitrogen and oxygen atoms in total. The zero-order valence-corrected chi connectivity index (χ0v) is 11.1. The van der Waals surface area contributed by atoms with E-state index in [9.17, 15) is 0 Å². The van der Waals surface area contributed by atoms with E-state index in [-0.39, 0.29) is 0 Å². The number of nitrogens with one attached hydrogen (secondary N) is 1. The average molecular weight is 240 g/mol. The van der Waals surface area contributed by atoms with Gasteiger partial charge in [-0.15, -0.1) is 0 Å². The molecule has 0 saturated carbocycles. The highest BCUT2D eigenvalue weighted by Gasteiger charge is 1.99. The zero-order valence-electron chi connectivity index (χ0n) is 11.1. The molecule has 0 saturated heterocycles. The predicted octanol–water partition coefficient (Wildman–Crippen LogP) is 3.64. The monoisotopic (exact) mass is 240 g/mol. The van der Waals surface area contributed by atoms with Gasteiger partial charge < -0.3 is 5.32 Å². The molecule has 2 aromatic rings. The lowest BCUT2D eigenvalue weighted by atomic mass is 10.1. The van der Waals surface area contributed by atoms with Crippen molar-refractivity contribution >= 4 is 17.0 Å². The minimum Gasteiger partial charge on any atom is -0.317 e. The van der Waals surface area contributed by atoms with Gasteiger partial charge in [0.1, 0.15) is 0 Å². The summed E-state index contributed by atoms with van der Waals surface area (Å²) in [6.45, 7) is 2.20. The summed E-state index contributed by atoms with van der Waals surface area (Å²) < 4.78 is 0. The summed E-state index contributed by atoms with van der Waals surface area (Å²) in [7, 11) is 2.01. The van der Waals surface area contributed by atoms with Crippen molar-refractivity contribution in [3.05, 3.63) is 48.2 Å². The molecule has 94 valence electrons. The maximum Gasteiger partial charge on any atom is 0.0702 e. The lowest BCUT2D eigenvalue weighted by Crippen LogP contribution is -2.22. The third-order valence-electron chi connectivity index (χ3n) is 3.24. The van der Waals surface area contributed by atoms with Gasteiger partial charge in [-0.25, -0.2) is 0 Å². The SMILES string of the molecule is CCC(C/C=C\c1cnc2ccccc2c1)NC. The molecule has 2 heteroatoms. The van der Waals surface area contributed by atoms with Crippen molar-refractivity contribution in [2.75, 3.05) is 7.05 Å². The standard InChI is InChI=1S/C16H20N2/c1-3-15(17-2)9-6-7-13-11-14-8-4-5-10-16(14)18-12-13/h4-8,10-12,15,17H,3,9H2,1-2H3/b7-6-. The highest BCUT2D eigenvalue weighted by Crippen LogP contribution is 2.14. The fourth-order valence-corrected chi connectivity index (χ4v) is 2.04. The second-order valence-electron chi connectivity index (χ2n) is 4.49. The van der Waals surface area contributed by atoms with Gasteiger partial charge in [0.15, 0.2) is 0 Å². The molecule has 0 bridgehead atoms. The van der Waals surface area contributed by atoms with Crippen LogP contribution in [-0.4, -0.2) is 18.1 Å². The van der Waals surface area contributed by atoms with Crippen LogP contribution < -0.4 is 5.32 Å². The van der Waals surface area contributed by atoms with Crippen LogP contribution in [0.25, 0.3) is 17.0 Å². The average Bonchev–Trinajstić information content (AvgIpc) is 2.43. The van der Waals surface area contributed by atoms with Crippen molar-refractivity contribution in [3.63, 3.8) is 0 Å². The van der Waals surface area contributed by atoms with Gasteiger partial charge >= 0.3 is 0 Å². The third-order valence-corrected chi connectivity index (χ3v) is 3.24. The summed E-state index contributed by atoms with van der Waals surface area (Å²) in [4.78, 5) is 4.45. The van der Waals surface area contributed by atoms with E-state index in [1.807, 2.05) is 31.4 Å². The minimum absolute atomic E-state index is 0.565. The van der Waals surface area contributed by atoms with E-state index < -0.39 is 0 Å². The summed E-state index contributed by atoms with van der Waals surface area (Å²) in [5, 5.41) is 4.50. The lowest BCUT2D eigenvalue weighted by molar-refractivity contribution is 0.553. The highest BCUT2D eigenvalue weighted by atomic mass is 14.9. The topological polar surface area (TPSA) is 24.9 Å². The van der Waals surface area contributed by atoms with Gasteiger partial charge in [0, 0.05) is 17.6 Å². The number of pyridine rings is 1. The largest absolute Gasteiger partial charge is 0.317 e. The van der Waals surface area contributed by atoms with Crippen molar-refractivity contribution in [1.29, 1.82) is 0 Å². The Balaban J connectivity index is 2.09. The molecule has 0 amide bonds. The van der Waals surface area contributed by atoms with Crippen LogP contribution >= 0.6 is 0 Å². The van der Waals surface area contributed by atoms with Crippen LogP contribution in [0.4, 0.5) is 0 Å². The molecule has 2 rings (SSSR count). The van der Waals surface area contributed by atoms with Gasteiger partial charge in [0.25, 0.3) is 0 Å². The van der Waals surface area contributed by atoms with Crippen molar-refractivity contribution in [2.45, 2.75) is 25.8 Å². The fourth-order valence-electron chi connectivity index (χ4n) is 2.04. The van der Waals surface area contributed by atoms with E-state index in [0.29, 0.717) is 6.04 Å². The van der Waals surface area contributed by atoms with Crippen LogP contribution in [0.15, 0.2) is 42.6 Å². The van der Waals surface area contributed by atoms with Crippen LogP contribution in [0.1, 0.15) is 25.3 Å². The van der Waals surface area contributed by atoms with Crippen LogP contribution in [0.5, 0.6) is 0 Å².